The van der Waals surface area contributed by atoms with Crippen molar-refractivity contribution in [2.45, 2.75) is 25.2 Å². The number of hydrogen-bond donors (Lipinski definition) is 1. The summed E-state index contributed by atoms with van der Waals surface area (Å²) in [5.41, 5.74) is 2.40. The zero-order chi connectivity index (χ0) is 10.2. The van der Waals surface area contributed by atoms with Gasteiger partial charge in [0.15, 0.2) is 0 Å². The molecule has 1 N–H and O–H groups in total. The SMILES string of the molecule is COc1cc(C2(CO)CC2)ccc1C. The van der Waals surface area contributed by atoms with Crippen LogP contribution in [0.2, 0.25) is 0 Å². The van der Waals surface area contributed by atoms with Crippen LogP contribution >= 0.6 is 0 Å². The molecule has 1 aliphatic rings. The highest BCUT2D eigenvalue weighted by Crippen LogP contribution is 2.48. The molecule has 0 unspecified atom stereocenters. The van der Waals surface area contributed by atoms with Crippen LogP contribution in [0.4, 0.5) is 0 Å². The van der Waals surface area contributed by atoms with E-state index < -0.39 is 0 Å². The molecule has 0 saturated heterocycles. The van der Waals surface area contributed by atoms with Gasteiger partial charge < -0.3 is 9.84 Å². The third kappa shape index (κ3) is 1.40. The van der Waals surface area contributed by atoms with Gasteiger partial charge in [-0.2, -0.15) is 0 Å². The fourth-order valence-electron chi connectivity index (χ4n) is 1.84. The zero-order valence-electron chi connectivity index (χ0n) is 8.71. The highest BCUT2D eigenvalue weighted by Gasteiger charge is 2.43. The summed E-state index contributed by atoms with van der Waals surface area (Å²) < 4.78 is 5.27. The minimum absolute atomic E-state index is 0.0426. The maximum absolute atomic E-state index is 9.30. The maximum Gasteiger partial charge on any atom is 0.122 e. The number of rotatable bonds is 3. The van der Waals surface area contributed by atoms with E-state index in [1.165, 1.54) is 5.56 Å². The lowest BCUT2D eigenvalue weighted by Gasteiger charge is -2.14. The molecule has 0 atom stereocenters. The third-order valence-electron chi connectivity index (χ3n) is 3.18. The van der Waals surface area contributed by atoms with Gasteiger partial charge >= 0.3 is 0 Å². The van der Waals surface area contributed by atoms with E-state index in [1.807, 2.05) is 6.92 Å². The van der Waals surface area contributed by atoms with Crippen LogP contribution in [0.5, 0.6) is 5.75 Å². The van der Waals surface area contributed by atoms with Gasteiger partial charge in [-0.25, -0.2) is 0 Å². The summed E-state index contributed by atoms with van der Waals surface area (Å²) in [6.45, 7) is 2.28. The smallest absolute Gasteiger partial charge is 0.122 e. The van der Waals surface area contributed by atoms with Gasteiger partial charge in [-0.1, -0.05) is 12.1 Å². The Labute approximate surface area is 84.5 Å². The van der Waals surface area contributed by atoms with Crippen molar-refractivity contribution >= 4 is 0 Å². The van der Waals surface area contributed by atoms with Crippen molar-refractivity contribution in [1.82, 2.24) is 0 Å². The molecule has 1 aliphatic carbocycles. The van der Waals surface area contributed by atoms with Crippen molar-refractivity contribution in [2.24, 2.45) is 0 Å². The number of hydrogen-bond acceptors (Lipinski definition) is 2. The molecular formula is C12H16O2. The van der Waals surface area contributed by atoms with Crippen LogP contribution in [0.15, 0.2) is 18.2 Å². The number of aliphatic hydroxyl groups is 1. The standard InChI is InChI=1S/C12H16O2/c1-9-3-4-10(7-11(9)14-2)12(8-13)5-6-12/h3-4,7,13H,5-6,8H2,1-2H3. The summed E-state index contributed by atoms with van der Waals surface area (Å²) in [5.74, 6) is 0.919. The molecule has 1 aromatic rings. The highest BCUT2D eigenvalue weighted by molar-refractivity contribution is 5.42. The summed E-state index contributed by atoms with van der Waals surface area (Å²) in [6.07, 6.45) is 2.19. The quantitative estimate of drug-likeness (QED) is 0.794. The van der Waals surface area contributed by atoms with Crippen LogP contribution in [0.3, 0.4) is 0 Å². The first-order valence-electron chi connectivity index (χ1n) is 4.98. The summed E-state index contributed by atoms with van der Waals surface area (Å²) in [7, 11) is 1.69. The molecule has 2 nitrogen and oxygen atoms in total. The second-order valence-corrected chi connectivity index (χ2v) is 4.12. The average molecular weight is 192 g/mol. The van der Waals surface area contributed by atoms with E-state index in [1.54, 1.807) is 7.11 Å². The number of ether oxygens (including phenoxy) is 1. The van der Waals surface area contributed by atoms with E-state index in [4.69, 9.17) is 4.74 Å². The maximum atomic E-state index is 9.30. The molecule has 1 fully saturated rings. The Balaban J connectivity index is 2.36. The van der Waals surface area contributed by atoms with E-state index in [0.717, 1.165) is 24.2 Å². The molecule has 0 aliphatic heterocycles. The lowest BCUT2D eigenvalue weighted by atomic mass is 9.95. The topological polar surface area (TPSA) is 29.5 Å². The monoisotopic (exact) mass is 192 g/mol. The number of aryl methyl sites for hydroxylation is 1. The van der Waals surface area contributed by atoms with Gasteiger partial charge in [-0.05, 0) is 37.0 Å². The summed E-state index contributed by atoms with van der Waals surface area (Å²) in [6, 6.07) is 6.21. The van der Waals surface area contributed by atoms with Gasteiger partial charge in [-0.15, -0.1) is 0 Å². The Bertz CT molecular complexity index is 340. The lowest BCUT2D eigenvalue weighted by molar-refractivity contribution is 0.254. The summed E-state index contributed by atoms with van der Waals surface area (Å²) in [4.78, 5) is 0. The van der Waals surface area contributed by atoms with Crippen LogP contribution < -0.4 is 4.74 Å². The molecule has 0 spiro atoms. The predicted octanol–water partition coefficient (Wildman–Crippen LogP) is 2.03. The van der Waals surface area contributed by atoms with Crippen LogP contribution in [0.1, 0.15) is 24.0 Å². The first kappa shape index (κ1) is 9.53. The van der Waals surface area contributed by atoms with Crippen LogP contribution in [-0.4, -0.2) is 18.8 Å². The molecule has 0 aromatic heterocycles. The summed E-state index contributed by atoms with van der Waals surface area (Å²) in [5, 5.41) is 9.30. The first-order valence-corrected chi connectivity index (χ1v) is 4.98. The molecule has 0 amide bonds. The van der Waals surface area contributed by atoms with E-state index in [0.29, 0.717) is 0 Å². The van der Waals surface area contributed by atoms with Crippen molar-refractivity contribution < 1.29 is 9.84 Å². The molecule has 0 heterocycles. The van der Waals surface area contributed by atoms with Gasteiger partial charge in [0.2, 0.25) is 0 Å². The Kier molecular flexibility index (Phi) is 2.23. The molecule has 1 saturated carbocycles. The normalized spacial score (nSPS) is 17.9. The lowest BCUT2D eigenvalue weighted by Crippen LogP contribution is -2.11. The van der Waals surface area contributed by atoms with E-state index in [9.17, 15) is 5.11 Å². The van der Waals surface area contributed by atoms with Crippen LogP contribution in [-0.2, 0) is 5.41 Å². The minimum atomic E-state index is 0.0426. The Morgan fingerprint density at radius 3 is 2.64 bits per heavy atom. The Morgan fingerprint density at radius 1 is 1.43 bits per heavy atom. The van der Waals surface area contributed by atoms with E-state index >= 15 is 0 Å². The Hall–Kier alpha value is -1.02. The second-order valence-electron chi connectivity index (χ2n) is 4.12. The van der Waals surface area contributed by atoms with Crippen LogP contribution in [0.25, 0.3) is 0 Å². The molecular weight excluding hydrogens is 176 g/mol. The molecule has 2 heteroatoms. The highest BCUT2D eigenvalue weighted by atomic mass is 16.5. The van der Waals surface area contributed by atoms with Gasteiger partial charge in [0.1, 0.15) is 5.75 Å². The number of benzene rings is 1. The number of aliphatic hydroxyl groups excluding tert-OH is 1. The van der Waals surface area contributed by atoms with Crippen LogP contribution in [0, 0.1) is 6.92 Å². The Morgan fingerprint density at radius 2 is 2.14 bits per heavy atom. The molecule has 2 rings (SSSR count). The summed E-state index contributed by atoms with van der Waals surface area (Å²) >= 11 is 0. The molecule has 14 heavy (non-hydrogen) atoms. The average Bonchev–Trinajstić information content (AvgIpc) is 2.99. The van der Waals surface area contributed by atoms with Crippen molar-refractivity contribution in [3.63, 3.8) is 0 Å². The zero-order valence-corrected chi connectivity index (χ0v) is 8.71. The van der Waals surface area contributed by atoms with Gasteiger partial charge in [0, 0.05) is 5.41 Å². The third-order valence-corrected chi connectivity index (χ3v) is 3.18. The van der Waals surface area contributed by atoms with Gasteiger partial charge in [-0.3, -0.25) is 0 Å². The largest absolute Gasteiger partial charge is 0.496 e. The first-order chi connectivity index (χ1) is 6.72. The van der Waals surface area contributed by atoms with Crippen molar-refractivity contribution in [3.8, 4) is 5.75 Å². The fourth-order valence-corrected chi connectivity index (χ4v) is 1.84. The predicted molar refractivity (Wildman–Crippen MR) is 55.7 cm³/mol. The molecule has 76 valence electrons. The fraction of sp³-hybridized carbons (Fsp3) is 0.500. The van der Waals surface area contributed by atoms with Gasteiger partial charge in [0.25, 0.3) is 0 Å². The minimum Gasteiger partial charge on any atom is -0.496 e. The molecule has 0 radical (unpaired) electrons. The molecule has 1 aromatic carbocycles. The van der Waals surface area contributed by atoms with Crippen molar-refractivity contribution in [1.29, 1.82) is 0 Å². The van der Waals surface area contributed by atoms with E-state index in [-0.39, 0.29) is 12.0 Å². The molecule has 0 bridgehead atoms. The number of methoxy groups -OCH3 is 1. The van der Waals surface area contributed by atoms with Gasteiger partial charge in [0.05, 0.1) is 13.7 Å². The van der Waals surface area contributed by atoms with Crippen molar-refractivity contribution in [2.75, 3.05) is 13.7 Å². The second kappa shape index (κ2) is 3.28. The van der Waals surface area contributed by atoms with E-state index in [2.05, 4.69) is 18.2 Å². The van der Waals surface area contributed by atoms with Crippen molar-refractivity contribution in [3.05, 3.63) is 29.3 Å².